The monoisotopic (exact) mass is 364 g/mol. The molecule has 0 saturated heterocycles. The van der Waals surface area contributed by atoms with Crippen molar-refractivity contribution < 1.29 is 0 Å². The van der Waals surface area contributed by atoms with Crippen molar-refractivity contribution in [2.45, 2.75) is 137 Å². The Morgan fingerprint density at radius 3 is 1.58 bits per heavy atom. The first-order chi connectivity index (χ1) is 12.6. The van der Waals surface area contributed by atoms with Crippen LogP contribution in [0.15, 0.2) is 12.2 Å². The quantitative estimate of drug-likeness (QED) is 0.158. The fourth-order valence-electron chi connectivity index (χ4n) is 4.27. The molecule has 0 radical (unpaired) electrons. The maximum absolute atomic E-state index is 4.59. The van der Waals surface area contributed by atoms with Gasteiger partial charge in [-0.05, 0) is 30.6 Å². The third kappa shape index (κ3) is 13.0. The summed E-state index contributed by atoms with van der Waals surface area (Å²) >= 11 is 0. The fourth-order valence-corrected chi connectivity index (χ4v) is 4.27. The summed E-state index contributed by atoms with van der Waals surface area (Å²) in [5.74, 6) is 2.27. The van der Waals surface area contributed by atoms with Crippen LogP contribution in [-0.4, -0.2) is 0 Å². The number of hydrogen-bond acceptors (Lipinski definition) is 0. The van der Waals surface area contributed by atoms with E-state index in [2.05, 4.69) is 41.2 Å². The summed E-state index contributed by atoms with van der Waals surface area (Å²) in [4.78, 5) is 0. The minimum atomic E-state index is 0.697. The molecule has 3 atom stereocenters. The largest absolute Gasteiger partial charge is 0.0993 e. The molecule has 0 amide bonds. The Balaban J connectivity index is 4.09. The highest BCUT2D eigenvalue weighted by Gasteiger charge is 2.21. The molecule has 0 rings (SSSR count). The van der Waals surface area contributed by atoms with Gasteiger partial charge in [-0.3, -0.25) is 0 Å². The van der Waals surface area contributed by atoms with E-state index < -0.39 is 0 Å². The molecule has 156 valence electrons. The summed E-state index contributed by atoms with van der Waals surface area (Å²) in [5.41, 5.74) is 1.57. The van der Waals surface area contributed by atoms with E-state index in [1.807, 2.05) is 0 Å². The third-order valence-electron chi connectivity index (χ3n) is 6.52. The molecule has 3 unspecified atom stereocenters. The summed E-state index contributed by atoms with van der Waals surface area (Å²) in [6.45, 7) is 16.4. The molecule has 0 aliphatic heterocycles. The zero-order valence-corrected chi connectivity index (χ0v) is 19.3. The molecule has 0 heteroatoms. The van der Waals surface area contributed by atoms with Crippen molar-refractivity contribution in [3.8, 4) is 0 Å². The average molecular weight is 365 g/mol. The van der Waals surface area contributed by atoms with E-state index in [0.29, 0.717) is 5.92 Å². The lowest BCUT2D eigenvalue weighted by atomic mass is 9.77. The molecule has 0 fully saturated rings. The third-order valence-corrected chi connectivity index (χ3v) is 6.52. The van der Waals surface area contributed by atoms with Crippen LogP contribution in [0.25, 0.3) is 0 Å². The van der Waals surface area contributed by atoms with E-state index in [4.69, 9.17) is 0 Å². The van der Waals surface area contributed by atoms with Crippen LogP contribution < -0.4 is 0 Å². The minimum absolute atomic E-state index is 0.697. The average Bonchev–Trinajstić information content (AvgIpc) is 2.65. The van der Waals surface area contributed by atoms with Gasteiger partial charge in [0, 0.05) is 0 Å². The molecule has 0 nitrogen and oxygen atoms in total. The van der Waals surface area contributed by atoms with E-state index in [-0.39, 0.29) is 0 Å². The molecule has 0 spiro atoms. The summed E-state index contributed by atoms with van der Waals surface area (Å²) in [7, 11) is 0. The van der Waals surface area contributed by atoms with E-state index in [1.165, 1.54) is 103 Å². The summed E-state index contributed by atoms with van der Waals surface area (Å²) < 4.78 is 0. The number of unbranched alkanes of at least 4 members (excludes halogenated alkanes) is 10. The molecule has 26 heavy (non-hydrogen) atoms. The van der Waals surface area contributed by atoms with Gasteiger partial charge in [0.1, 0.15) is 0 Å². The Morgan fingerprint density at radius 1 is 0.577 bits per heavy atom. The predicted octanol–water partition coefficient (Wildman–Crippen LogP) is 9.73. The van der Waals surface area contributed by atoms with Crippen molar-refractivity contribution in [2.24, 2.45) is 17.8 Å². The Bertz CT molecular complexity index is 303. The Morgan fingerprint density at radius 2 is 1.04 bits per heavy atom. The summed E-state index contributed by atoms with van der Waals surface area (Å²) in [5, 5.41) is 0. The van der Waals surface area contributed by atoms with Crippen LogP contribution >= 0.6 is 0 Å². The van der Waals surface area contributed by atoms with Crippen molar-refractivity contribution in [1.82, 2.24) is 0 Å². The molecule has 0 heterocycles. The minimum Gasteiger partial charge on any atom is -0.0993 e. The van der Waals surface area contributed by atoms with Crippen molar-refractivity contribution in [1.29, 1.82) is 0 Å². The molecular formula is C26H52. The molecule has 0 bridgehead atoms. The first-order valence-electron chi connectivity index (χ1n) is 12.3. The Kier molecular flexibility index (Phi) is 17.9. The van der Waals surface area contributed by atoms with Gasteiger partial charge in [0.25, 0.3) is 0 Å². The van der Waals surface area contributed by atoms with Crippen LogP contribution in [0.5, 0.6) is 0 Å². The normalized spacial score (nSPS) is 15.0. The molecule has 0 aliphatic rings. The van der Waals surface area contributed by atoms with Gasteiger partial charge in [-0.2, -0.15) is 0 Å². The van der Waals surface area contributed by atoms with Crippen LogP contribution in [0.2, 0.25) is 0 Å². The van der Waals surface area contributed by atoms with Gasteiger partial charge in [-0.15, -0.1) is 0 Å². The van der Waals surface area contributed by atoms with Crippen LogP contribution in [0.3, 0.4) is 0 Å². The topological polar surface area (TPSA) is 0 Å². The van der Waals surface area contributed by atoms with E-state index in [1.54, 1.807) is 5.57 Å². The zero-order valence-electron chi connectivity index (χ0n) is 19.3. The summed E-state index contributed by atoms with van der Waals surface area (Å²) in [6, 6.07) is 0. The van der Waals surface area contributed by atoms with Crippen LogP contribution in [-0.2, 0) is 0 Å². The lowest BCUT2D eigenvalue weighted by Gasteiger charge is -2.28. The van der Waals surface area contributed by atoms with Gasteiger partial charge in [0.2, 0.25) is 0 Å². The second-order valence-electron chi connectivity index (χ2n) is 8.94. The van der Waals surface area contributed by atoms with E-state index in [9.17, 15) is 0 Å². The number of rotatable bonds is 19. The van der Waals surface area contributed by atoms with Crippen LogP contribution in [0.1, 0.15) is 137 Å². The SMILES string of the molecule is C=C(C(CCC)CCCCCCCCCC)C(C)C(C)CCCCCC. The van der Waals surface area contributed by atoms with Gasteiger partial charge in [0.05, 0.1) is 0 Å². The van der Waals surface area contributed by atoms with Gasteiger partial charge in [0.15, 0.2) is 0 Å². The van der Waals surface area contributed by atoms with Gasteiger partial charge >= 0.3 is 0 Å². The van der Waals surface area contributed by atoms with Crippen molar-refractivity contribution in [3.05, 3.63) is 12.2 Å². The predicted molar refractivity (Wildman–Crippen MR) is 122 cm³/mol. The maximum atomic E-state index is 4.59. The number of hydrogen-bond donors (Lipinski definition) is 0. The zero-order chi connectivity index (χ0) is 19.6. The molecule has 0 saturated carbocycles. The first kappa shape index (κ1) is 25.7. The molecule has 0 N–H and O–H groups in total. The van der Waals surface area contributed by atoms with Gasteiger partial charge in [-0.25, -0.2) is 0 Å². The lowest BCUT2D eigenvalue weighted by molar-refractivity contribution is 0.345. The Hall–Kier alpha value is -0.260. The molecule has 0 aliphatic carbocycles. The Labute approximate surface area is 167 Å². The number of allylic oxidation sites excluding steroid dienone is 1. The van der Waals surface area contributed by atoms with E-state index in [0.717, 1.165) is 11.8 Å². The second-order valence-corrected chi connectivity index (χ2v) is 8.94. The standard InChI is InChI=1S/C26H52/c1-7-10-12-14-15-16-17-19-22-26(20-9-3)25(6)24(5)23(4)21-18-13-11-8-2/h23-24,26H,6-22H2,1-5H3. The van der Waals surface area contributed by atoms with Gasteiger partial charge < -0.3 is 0 Å². The van der Waals surface area contributed by atoms with Crippen molar-refractivity contribution in [2.75, 3.05) is 0 Å². The highest BCUT2D eigenvalue weighted by Crippen LogP contribution is 2.33. The molecule has 0 aromatic carbocycles. The molecular weight excluding hydrogens is 312 g/mol. The fraction of sp³-hybridized carbons (Fsp3) is 0.923. The smallest absolute Gasteiger partial charge is 0.0203 e. The van der Waals surface area contributed by atoms with E-state index >= 15 is 0 Å². The molecule has 0 aromatic heterocycles. The highest BCUT2D eigenvalue weighted by molar-refractivity contribution is 5.06. The van der Waals surface area contributed by atoms with Gasteiger partial charge in [-0.1, -0.05) is 137 Å². The second kappa shape index (κ2) is 18.1. The maximum Gasteiger partial charge on any atom is -0.0203 e. The first-order valence-corrected chi connectivity index (χ1v) is 12.3. The van der Waals surface area contributed by atoms with Crippen LogP contribution in [0, 0.1) is 17.8 Å². The highest BCUT2D eigenvalue weighted by atomic mass is 14.3. The van der Waals surface area contributed by atoms with Crippen molar-refractivity contribution in [3.63, 3.8) is 0 Å². The lowest BCUT2D eigenvalue weighted by Crippen LogP contribution is -2.17. The summed E-state index contributed by atoms with van der Waals surface area (Å²) in [6.07, 6.45) is 22.4. The molecule has 0 aromatic rings. The van der Waals surface area contributed by atoms with Crippen molar-refractivity contribution >= 4 is 0 Å². The van der Waals surface area contributed by atoms with Crippen LogP contribution in [0.4, 0.5) is 0 Å².